The Balaban J connectivity index is 1.97. The number of piperidine rings is 1. The molecule has 0 bridgehead atoms. The van der Waals surface area contributed by atoms with Crippen molar-refractivity contribution >= 4 is 15.9 Å². The summed E-state index contributed by atoms with van der Waals surface area (Å²) in [5.74, 6) is 0.931. The molecule has 1 aromatic rings. The topological polar surface area (TPSA) is 12.5 Å². The Bertz CT molecular complexity index is 440. The molecule has 0 aliphatic carbocycles. The maximum Gasteiger partial charge on any atom is 0.133 e. The van der Waals surface area contributed by atoms with Crippen molar-refractivity contribution in [3.05, 3.63) is 28.7 Å². The summed E-state index contributed by atoms with van der Waals surface area (Å²) in [5.41, 5.74) is 0.526. The number of ether oxygens (including phenoxy) is 1. The van der Waals surface area contributed by atoms with Gasteiger partial charge in [0, 0.05) is 17.6 Å². The summed E-state index contributed by atoms with van der Waals surface area (Å²) in [6.07, 6.45) is 3.86. The molecular weight excluding hydrogens is 314 g/mol. The molecule has 1 fully saturated rings. The smallest absolute Gasteiger partial charge is 0.133 e. The van der Waals surface area contributed by atoms with Crippen molar-refractivity contribution in [1.82, 2.24) is 4.90 Å². The first kappa shape index (κ1) is 15.8. The van der Waals surface area contributed by atoms with Crippen LogP contribution in [0.2, 0.25) is 0 Å². The fraction of sp³-hybridized carbons (Fsp3) is 0.647. The van der Waals surface area contributed by atoms with Crippen molar-refractivity contribution in [3.63, 3.8) is 0 Å². The second kappa shape index (κ2) is 6.07. The van der Waals surface area contributed by atoms with E-state index < -0.39 is 0 Å². The van der Waals surface area contributed by atoms with Crippen LogP contribution in [0.15, 0.2) is 28.7 Å². The van der Waals surface area contributed by atoms with Gasteiger partial charge in [-0.1, -0.05) is 12.1 Å². The number of hydrogen-bond acceptors (Lipinski definition) is 2. The van der Waals surface area contributed by atoms with Gasteiger partial charge >= 0.3 is 0 Å². The molecule has 0 radical (unpaired) electrons. The molecule has 20 heavy (non-hydrogen) atoms. The predicted molar refractivity (Wildman–Crippen MR) is 88.4 cm³/mol. The van der Waals surface area contributed by atoms with Gasteiger partial charge in [-0.2, -0.15) is 0 Å². The van der Waals surface area contributed by atoms with Crippen LogP contribution in [0, 0.1) is 0 Å². The van der Waals surface area contributed by atoms with E-state index in [-0.39, 0.29) is 11.1 Å². The van der Waals surface area contributed by atoms with Crippen molar-refractivity contribution in [3.8, 4) is 5.75 Å². The molecule has 3 heteroatoms. The molecule has 2 nitrogen and oxygen atoms in total. The summed E-state index contributed by atoms with van der Waals surface area (Å²) in [6.45, 7) is 11.1. The van der Waals surface area contributed by atoms with Crippen LogP contribution in [0.3, 0.4) is 0 Å². The fourth-order valence-corrected chi connectivity index (χ4v) is 3.86. The summed E-state index contributed by atoms with van der Waals surface area (Å²) in [4.78, 5) is 2.61. The number of nitrogens with zero attached hydrogens (tertiary/aromatic N) is 1. The van der Waals surface area contributed by atoms with E-state index >= 15 is 0 Å². The van der Waals surface area contributed by atoms with Crippen molar-refractivity contribution in [2.75, 3.05) is 13.2 Å². The minimum atomic E-state index is 0.263. The van der Waals surface area contributed by atoms with E-state index in [2.05, 4.69) is 48.5 Å². The number of para-hydroxylation sites is 1. The standard InChI is InChI=1S/C17H26BrNO/c1-16(2)10-7-11-17(3,4)19(16)12-13-20-15-9-6-5-8-14(15)18/h5-6,8-9H,7,10-13H2,1-4H3. The Morgan fingerprint density at radius 3 is 2.30 bits per heavy atom. The normalized spacial score (nSPS) is 21.6. The number of rotatable bonds is 4. The van der Waals surface area contributed by atoms with Crippen molar-refractivity contribution in [2.24, 2.45) is 0 Å². The minimum Gasteiger partial charge on any atom is -0.491 e. The third-order valence-electron chi connectivity index (χ3n) is 4.45. The summed E-state index contributed by atoms with van der Waals surface area (Å²) in [7, 11) is 0. The molecule has 1 heterocycles. The summed E-state index contributed by atoms with van der Waals surface area (Å²) < 4.78 is 6.96. The molecule has 0 saturated carbocycles. The molecule has 1 saturated heterocycles. The van der Waals surface area contributed by atoms with Gasteiger partial charge in [-0.3, -0.25) is 4.90 Å². The second-order valence-corrected chi connectivity index (χ2v) is 7.76. The molecule has 0 N–H and O–H groups in total. The fourth-order valence-electron chi connectivity index (χ4n) is 3.46. The summed E-state index contributed by atoms with van der Waals surface area (Å²) in [5, 5.41) is 0. The SMILES string of the molecule is CC1(C)CCCC(C)(C)N1CCOc1ccccc1Br. The van der Waals surface area contributed by atoms with Crippen LogP contribution in [-0.4, -0.2) is 29.1 Å². The van der Waals surface area contributed by atoms with Gasteiger partial charge in [0.1, 0.15) is 12.4 Å². The summed E-state index contributed by atoms with van der Waals surface area (Å²) >= 11 is 3.53. The van der Waals surface area contributed by atoms with Crippen LogP contribution in [0.5, 0.6) is 5.75 Å². The third kappa shape index (κ3) is 3.56. The van der Waals surface area contributed by atoms with Gasteiger partial charge < -0.3 is 4.74 Å². The third-order valence-corrected chi connectivity index (χ3v) is 5.10. The molecule has 0 atom stereocenters. The molecule has 2 rings (SSSR count). The van der Waals surface area contributed by atoms with Crippen molar-refractivity contribution in [2.45, 2.75) is 58.0 Å². The van der Waals surface area contributed by atoms with Crippen LogP contribution < -0.4 is 4.74 Å². The Kier molecular flexibility index (Phi) is 4.80. The minimum absolute atomic E-state index is 0.263. The molecule has 0 spiro atoms. The first-order valence-corrected chi connectivity index (χ1v) is 8.27. The maximum absolute atomic E-state index is 5.94. The Morgan fingerprint density at radius 1 is 1.10 bits per heavy atom. The Labute approximate surface area is 131 Å². The van der Waals surface area contributed by atoms with Gasteiger partial charge in [-0.25, -0.2) is 0 Å². The zero-order valence-corrected chi connectivity index (χ0v) is 14.7. The average molecular weight is 340 g/mol. The number of halogens is 1. The van der Waals surface area contributed by atoms with Crippen LogP contribution in [0.1, 0.15) is 47.0 Å². The van der Waals surface area contributed by atoms with Crippen molar-refractivity contribution < 1.29 is 4.74 Å². The first-order chi connectivity index (χ1) is 9.33. The first-order valence-electron chi connectivity index (χ1n) is 7.48. The molecule has 1 aliphatic rings. The van der Waals surface area contributed by atoms with E-state index in [0.29, 0.717) is 0 Å². The van der Waals surface area contributed by atoms with Gasteiger partial charge in [-0.15, -0.1) is 0 Å². The van der Waals surface area contributed by atoms with E-state index in [1.807, 2.05) is 24.3 Å². The van der Waals surface area contributed by atoms with Crippen LogP contribution in [0.4, 0.5) is 0 Å². The molecule has 0 amide bonds. The molecule has 1 aromatic carbocycles. The molecule has 0 unspecified atom stereocenters. The quantitative estimate of drug-likeness (QED) is 0.775. The summed E-state index contributed by atoms with van der Waals surface area (Å²) in [6, 6.07) is 8.04. The number of benzene rings is 1. The van der Waals surface area contributed by atoms with E-state index in [1.54, 1.807) is 0 Å². The zero-order valence-electron chi connectivity index (χ0n) is 13.1. The number of hydrogen-bond donors (Lipinski definition) is 0. The zero-order chi connectivity index (χ0) is 14.8. The lowest BCUT2D eigenvalue weighted by Crippen LogP contribution is -2.59. The molecule has 112 valence electrons. The lowest BCUT2D eigenvalue weighted by Gasteiger charge is -2.53. The van der Waals surface area contributed by atoms with Crippen molar-refractivity contribution in [1.29, 1.82) is 0 Å². The highest BCUT2D eigenvalue weighted by atomic mass is 79.9. The van der Waals surface area contributed by atoms with Crippen LogP contribution in [0.25, 0.3) is 0 Å². The highest BCUT2D eigenvalue weighted by Crippen LogP contribution is 2.37. The van der Waals surface area contributed by atoms with Gasteiger partial charge in [0.05, 0.1) is 4.47 Å². The lowest BCUT2D eigenvalue weighted by molar-refractivity contribution is -0.0340. The van der Waals surface area contributed by atoms with E-state index in [1.165, 1.54) is 19.3 Å². The van der Waals surface area contributed by atoms with Gasteiger partial charge in [0.2, 0.25) is 0 Å². The van der Waals surface area contributed by atoms with E-state index in [0.717, 1.165) is 23.4 Å². The largest absolute Gasteiger partial charge is 0.491 e. The molecule has 1 aliphatic heterocycles. The van der Waals surface area contributed by atoms with Gasteiger partial charge in [-0.05, 0) is 75.0 Å². The highest BCUT2D eigenvalue weighted by molar-refractivity contribution is 9.10. The second-order valence-electron chi connectivity index (χ2n) is 6.91. The monoisotopic (exact) mass is 339 g/mol. The number of likely N-dealkylation sites (tertiary alicyclic amines) is 1. The average Bonchev–Trinajstić information content (AvgIpc) is 2.34. The highest BCUT2D eigenvalue weighted by Gasteiger charge is 2.40. The van der Waals surface area contributed by atoms with Crippen LogP contribution >= 0.6 is 15.9 Å². The predicted octanol–water partition coefficient (Wildman–Crippen LogP) is 4.87. The maximum atomic E-state index is 5.94. The Hall–Kier alpha value is -0.540. The van der Waals surface area contributed by atoms with E-state index in [9.17, 15) is 0 Å². The van der Waals surface area contributed by atoms with E-state index in [4.69, 9.17) is 4.74 Å². The van der Waals surface area contributed by atoms with Gasteiger partial charge in [0.25, 0.3) is 0 Å². The lowest BCUT2D eigenvalue weighted by atomic mass is 9.80. The van der Waals surface area contributed by atoms with Gasteiger partial charge in [0.15, 0.2) is 0 Å². The molecule has 0 aromatic heterocycles. The van der Waals surface area contributed by atoms with Crippen LogP contribution in [-0.2, 0) is 0 Å². The Morgan fingerprint density at radius 2 is 1.70 bits per heavy atom. The molecular formula is C17H26BrNO.